The van der Waals surface area contributed by atoms with Gasteiger partial charge in [-0.15, -0.1) is 0 Å². The molecule has 3 nitrogen and oxygen atoms in total. The average molecular weight is 328 g/mol. The molecule has 0 aliphatic rings. The highest BCUT2D eigenvalue weighted by Gasteiger charge is 2.05. The third-order valence-corrected chi connectivity index (χ3v) is 3.28. The molecule has 0 spiro atoms. The third kappa shape index (κ3) is 2.89. The molecule has 0 aliphatic heterocycles. The molecule has 0 bridgehead atoms. The van der Waals surface area contributed by atoms with Gasteiger partial charge in [0.05, 0.1) is 29.2 Å². The van der Waals surface area contributed by atoms with Crippen molar-refractivity contribution < 1.29 is 4.74 Å². The van der Waals surface area contributed by atoms with E-state index in [2.05, 4.69) is 21.2 Å². The smallest absolute Gasteiger partial charge is 0.121 e. The van der Waals surface area contributed by atoms with Crippen molar-refractivity contribution in [2.75, 3.05) is 18.2 Å². The van der Waals surface area contributed by atoms with Crippen LogP contribution in [0, 0.1) is 0 Å². The fraction of sp³-hybridized carbons (Fsp3) is 0.0769. The minimum absolute atomic E-state index is 0.607. The molecule has 0 unspecified atom stereocenters. The van der Waals surface area contributed by atoms with Crippen LogP contribution in [0.25, 0.3) is 0 Å². The molecule has 0 radical (unpaired) electrons. The normalized spacial score (nSPS) is 10.2. The summed E-state index contributed by atoms with van der Waals surface area (Å²) in [5.74, 6) is 0.732. The fourth-order valence-electron chi connectivity index (χ4n) is 1.51. The molecule has 0 aliphatic carbocycles. The molecule has 5 heteroatoms. The molecule has 2 rings (SSSR count). The zero-order valence-corrected chi connectivity index (χ0v) is 12.0. The highest BCUT2D eigenvalue weighted by atomic mass is 79.9. The van der Waals surface area contributed by atoms with Crippen molar-refractivity contribution >= 4 is 44.6 Å². The van der Waals surface area contributed by atoms with Gasteiger partial charge >= 0.3 is 0 Å². The molecule has 2 aromatic rings. The van der Waals surface area contributed by atoms with Crippen LogP contribution < -0.4 is 15.8 Å². The van der Waals surface area contributed by atoms with E-state index in [1.165, 1.54) is 0 Å². The van der Waals surface area contributed by atoms with E-state index in [-0.39, 0.29) is 0 Å². The van der Waals surface area contributed by atoms with Crippen LogP contribution in [0.5, 0.6) is 5.75 Å². The Morgan fingerprint density at radius 2 is 1.94 bits per heavy atom. The van der Waals surface area contributed by atoms with Crippen molar-refractivity contribution in [1.29, 1.82) is 0 Å². The molecule has 0 fully saturated rings. The van der Waals surface area contributed by atoms with Gasteiger partial charge in [-0.1, -0.05) is 27.5 Å². The number of anilines is 3. The van der Waals surface area contributed by atoms with E-state index in [0.29, 0.717) is 10.7 Å². The minimum Gasteiger partial charge on any atom is -0.497 e. The summed E-state index contributed by atoms with van der Waals surface area (Å²) in [6, 6.07) is 11.0. The number of hydrogen-bond donors (Lipinski definition) is 2. The van der Waals surface area contributed by atoms with Crippen molar-refractivity contribution in [1.82, 2.24) is 0 Å². The largest absolute Gasteiger partial charge is 0.497 e. The van der Waals surface area contributed by atoms with Crippen molar-refractivity contribution in [2.45, 2.75) is 0 Å². The maximum atomic E-state index is 6.12. The molecule has 3 N–H and O–H groups in total. The number of rotatable bonds is 3. The van der Waals surface area contributed by atoms with Crippen molar-refractivity contribution in [3.8, 4) is 5.75 Å². The number of ether oxygens (including phenoxy) is 1. The standard InChI is InChI=1S/C13H12BrClN2O/c1-18-9-3-4-10(15)12(7-9)17-13-6-8(14)2-5-11(13)16/h2-7,17H,16H2,1H3. The van der Waals surface area contributed by atoms with E-state index in [1.807, 2.05) is 24.3 Å². The first-order valence-corrected chi connectivity index (χ1v) is 6.43. The Balaban J connectivity index is 2.36. The summed E-state index contributed by atoms with van der Waals surface area (Å²) < 4.78 is 6.11. The van der Waals surface area contributed by atoms with Crippen molar-refractivity contribution in [3.63, 3.8) is 0 Å². The Labute approximate surface area is 119 Å². The number of hydrogen-bond acceptors (Lipinski definition) is 3. The van der Waals surface area contributed by atoms with Crippen LogP contribution in [0.3, 0.4) is 0 Å². The van der Waals surface area contributed by atoms with Crippen LogP contribution in [0.15, 0.2) is 40.9 Å². The van der Waals surface area contributed by atoms with Gasteiger partial charge < -0.3 is 15.8 Å². The summed E-state index contributed by atoms with van der Waals surface area (Å²) in [4.78, 5) is 0. The Kier molecular flexibility index (Phi) is 3.99. The van der Waals surface area contributed by atoms with E-state index in [0.717, 1.165) is 21.6 Å². The molecule has 0 saturated carbocycles. The van der Waals surface area contributed by atoms with Gasteiger partial charge in [0.25, 0.3) is 0 Å². The lowest BCUT2D eigenvalue weighted by Gasteiger charge is -2.12. The van der Waals surface area contributed by atoms with Crippen molar-refractivity contribution in [2.24, 2.45) is 0 Å². The van der Waals surface area contributed by atoms with Gasteiger partial charge in [-0.2, -0.15) is 0 Å². The SMILES string of the molecule is COc1ccc(Cl)c(Nc2cc(Br)ccc2N)c1. The van der Waals surface area contributed by atoms with E-state index >= 15 is 0 Å². The van der Waals surface area contributed by atoms with E-state index in [4.69, 9.17) is 22.1 Å². The topological polar surface area (TPSA) is 47.3 Å². The van der Waals surface area contributed by atoms with Crippen LogP contribution in [-0.2, 0) is 0 Å². The molecule has 2 aromatic carbocycles. The van der Waals surface area contributed by atoms with Crippen LogP contribution in [0.4, 0.5) is 17.1 Å². The number of nitrogens with two attached hydrogens (primary N) is 1. The van der Waals surface area contributed by atoms with Gasteiger partial charge in [-0.05, 0) is 30.3 Å². The summed E-state index contributed by atoms with van der Waals surface area (Å²) in [5.41, 5.74) is 8.09. The Morgan fingerprint density at radius 1 is 1.17 bits per heavy atom. The number of halogens is 2. The van der Waals surface area contributed by atoms with Crippen LogP contribution in [-0.4, -0.2) is 7.11 Å². The second-order valence-corrected chi connectivity index (χ2v) is 5.03. The maximum Gasteiger partial charge on any atom is 0.121 e. The first kappa shape index (κ1) is 13.1. The summed E-state index contributed by atoms with van der Waals surface area (Å²) in [5, 5.41) is 3.80. The minimum atomic E-state index is 0.607. The lowest BCUT2D eigenvalue weighted by atomic mass is 10.2. The van der Waals surface area contributed by atoms with Crippen LogP contribution >= 0.6 is 27.5 Å². The number of nitrogens with one attached hydrogen (secondary N) is 1. The van der Waals surface area contributed by atoms with Gasteiger partial charge in [0, 0.05) is 10.5 Å². The summed E-state index contributed by atoms with van der Waals surface area (Å²) in [7, 11) is 1.61. The summed E-state index contributed by atoms with van der Waals surface area (Å²) in [6.45, 7) is 0. The highest BCUT2D eigenvalue weighted by Crippen LogP contribution is 2.32. The monoisotopic (exact) mass is 326 g/mol. The Bertz CT molecular complexity index is 575. The molecule has 0 heterocycles. The molecule has 0 amide bonds. The number of methoxy groups -OCH3 is 1. The second kappa shape index (κ2) is 5.50. The lowest BCUT2D eigenvalue weighted by Crippen LogP contribution is -1.97. The fourth-order valence-corrected chi connectivity index (χ4v) is 2.03. The second-order valence-electron chi connectivity index (χ2n) is 3.70. The molecular weight excluding hydrogens is 316 g/mol. The van der Waals surface area contributed by atoms with Gasteiger partial charge in [0.1, 0.15) is 5.75 Å². The molecule has 18 heavy (non-hydrogen) atoms. The summed E-state index contributed by atoms with van der Waals surface area (Å²) in [6.07, 6.45) is 0. The van der Waals surface area contributed by atoms with Gasteiger partial charge in [0.2, 0.25) is 0 Å². The van der Waals surface area contributed by atoms with Gasteiger partial charge in [-0.3, -0.25) is 0 Å². The quantitative estimate of drug-likeness (QED) is 0.819. The first-order chi connectivity index (χ1) is 8.60. The van der Waals surface area contributed by atoms with E-state index in [9.17, 15) is 0 Å². The first-order valence-electron chi connectivity index (χ1n) is 5.26. The molecule has 0 atom stereocenters. The summed E-state index contributed by atoms with van der Waals surface area (Å²) >= 11 is 9.53. The lowest BCUT2D eigenvalue weighted by molar-refractivity contribution is 0.415. The maximum absolute atomic E-state index is 6.12. The molecule has 0 saturated heterocycles. The zero-order valence-electron chi connectivity index (χ0n) is 9.71. The molecule has 94 valence electrons. The zero-order chi connectivity index (χ0) is 13.1. The average Bonchev–Trinajstić information content (AvgIpc) is 2.36. The van der Waals surface area contributed by atoms with Gasteiger partial charge in [0.15, 0.2) is 0 Å². The van der Waals surface area contributed by atoms with E-state index in [1.54, 1.807) is 19.2 Å². The van der Waals surface area contributed by atoms with E-state index < -0.39 is 0 Å². The molecule has 0 aromatic heterocycles. The third-order valence-electron chi connectivity index (χ3n) is 2.46. The Hall–Kier alpha value is -1.39. The predicted molar refractivity (Wildman–Crippen MR) is 79.8 cm³/mol. The van der Waals surface area contributed by atoms with Crippen LogP contribution in [0.1, 0.15) is 0 Å². The number of nitrogen functional groups attached to an aromatic ring is 1. The highest BCUT2D eigenvalue weighted by molar-refractivity contribution is 9.10. The van der Waals surface area contributed by atoms with Gasteiger partial charge in [-0.25, -0.2) is 0 Å². The Morgan fingerprint density at radius 3 is 2.67 bits per heavy atom. The molecular formula is C13H12BrClN2O. The van der Waals surface area contributed by atoms with Crippen LogP contribution in [0.2, 0.25) is 5.02 Å². The van der Waals surface area contributed by atoms with Crippen molar-refractivity contribution in [3.05, 3.63) is 45.9 Å². The predicted octanol–water partition coefficient (Wildman–Crippen LogP) is 4.44. The number of benzene rings is 2.